The lowest BCUT2D eigenvalue weighted by molar-refractivity contribution is 0.619. The van der Waals surface area contributed by atoms with Gasteiger partial charge in [0.25, 0.3) is 0 Å². The Hall–Kier alpha value is -1.16. The maximum absolute atomic E-state index is 12.9. The lowest BCUT2D eigenvalue weighted by Gasteiger charge is -1.97. The van der Waals surface area contributed by atoms with Crippen molar-refractivity contribution in [2.75, 3.05) is 0 Å². The van der Waals surface area contributed by atoms with Gasteiger partial charge in [-0.15, -0.1) is 0 Å². The van der Waals surface area contributed by atoms with E-state index in [1.54, 1.807) is 10.6 Å². The maximum Gasteiger partial charge on any atom is 0.231 e. The van der Waals surface area contributed by atoms with Gasteiger partial charge in [-0.25, -0.2) is 14.2 Å². The lowest BCUT2D eigenvalue weighted by atomic mass is 10.4. The quantitative estimate of drug-likeness (QED) is 0.539. The Balaban J connectivity index is 2.94. The van der Waals surface area contributed by atoms with Crippen molar-refractivity contribution in [1.82, 2.24) is 9.38 Å². The molecule has 64 valence electrons. The van der Waals surface area contributed by atoms with Crippen molar-refractivity contribution in [3.8, 4) is 0 Å². The standard InChI is InChI=1S/C8H3FIN3/c1-11-6-2-5(9)4-13-7(10)3-12-8(6)13/h2-4H. The van der Waals surface area contributed by atoms with Gasteiger partial charge in [-0.1, -0.05) is 0 Å². The summed E-state index contributed by atoms with van der Waals surface area (Å²) >= 11 is 2.03. The number of fused-ring (bicyclic) bond motifs is 1. The van der Waals surface area contributed by atoms with Crippen molar-refractivity contribution >= 4 is 33.9 Å². The van der Waals surface area contributed by atoms with Crippen LogP contribution in [-0.4, -0.2) is 9.38 Å². The molecule has 2 aromatic heterocycles. The molecule has 0 amide bonds. The third-order valence-corrected chi connectivity index (χ3v) is 2.43. The van der Waals surface area contributed by atoms with Crippen LogP contribution >= 0.6 is 22.6 Å². The van der Waals surface area contributed by atoms with E-state index in [0.717, 1.165) is 3.70 Å². The van der Waals surface area contributed by atoms with Crippen molar-refractivity contribution in [3.05, 3.63) is 39.4 Å². The minimum atomic E-state index is -0.422. The number of pyridine rings is 1. The van der Waals surface area contributed by atoms with E-state index in [2.05, 4.69) is 9.83 Å². The summed E-state index contributed by atoms with van der Waals surface area (Å²) in [4.78, 5) is 7.20. The second-order valence-electron chi connectivity index (χ2n) is 2.43. The van der Waals surface area contributed by atoms with E-state index in [4.69, 9.17) is 6.57 Å². The van der Waals surface area contributed by atoms with E-state index < -0.39 is 5.82 Å². The number of nitrogens with zero attached hydrogens (tertiary/aromatic N) is 3. The number of hydrogen-bond acceptors (Lipinski definition) is 1. The molecule has 5 heteroatoms. The highest BCUT2D eigenvalue weighted by molar-refractivity contribution is 14.1. The number of aromatic nitrogens is 2. The highest BCUT2D eigenvalue weighted by Crippen LogP contribution is 2.22. The zero-order valence-electron chi connectivity index (χ0n) is 6.33. The normalized spacial score (nSPS) is 10.2. The molecule has 0 spiro atoms. The molecule has 3 nitrogen and oxygen atoms in total. The molecular formula is C8H3FIN3. The molecule has 0 saturated carbocycles. The van der Waals surface area contributed by atoms with E-state index in [1.165, 1.54) is 12.3 Å². The van der Waals surface area contributed by atoms with E-state index in [-0.39, 0.29) is 5.69 Å². The van der Waals surface area contributed by atoms with Gasteiger partial charge in [0.2, 0.25) is 5.69 Å². The molecule has 0 atom stereocenters. The minimum absolute atomic E-state index is 0.239. The fourth-order valence-electron chi connectivity index (χ4n) is 1.09. The lowest BCUT2D eigenvalue weighted by Crippen LogP contribution is -1.88. The van der Waals surface area contributed by atoms with Gasteiger partial charge >= 0.3 is 0 Å². The predicted octanol–water partition coefficient (Wildman–Crippen LogP) is 2.63. The minimum Gasteiger partial charge on any atom is -0.301 e. The molecule has 0 aromatic carbocycles. The molecule has 0 aliphatic rings. The Morgan fingerprint density at radius 3 is 3.08 bits per heavy atom. The number of rotatable bonds is 0. The van der Waals surface area contributed by atoms with Crippen LogP contribution in [0.4, 0.5) is 10.1 Å². The Kier molecular flexibility index (Phi) is 1.92. The summed E-state index contributed by atoms with van der Waals surface area (Å²) in [5.41, 5.74) is 0.740. The third kappa shape index (κ3) is 1.27. The van der Waals surface area contributed by atoms with E-state index >= 15 is 0 Å². The van der Waals surface area contributed by atoms with Crippen LogP contribution in [0.5, 0.6) is 0 Å². The van der Waals surface area contributed by atoms with Crippen molar-refractivity contribution in [3.63, 3.8) is 0 Å². The highest BCUT2D eigenvalue weighted by atomic mass is 127. The molecule has 0 aliphatic heterocycles. The van der Waals surface area contributed by atoms with Gasteiger partial charge in [0.15, 0.2) is 0 Å². The van der Waals surface area contributed by atoms with Crippen LogP contribution in [0.2, 0.25) is 0 Å². The summed E-state index contributed by atoms with van der Waals surface area (Å²) in [6.07, 6.45) is 2.92. The average Bonchev–Trinajstić information content (AvgIpc) is 2.47. The molecule has 0 N–H and O–H groups in total. The van der Waals surface area contributed by atoms with Gasteiger partial charge in [-0.3, -0.25) is 0 Å². The van der Waals surface area contributed by atoms with Gasteiger partial charge < -0.3 is 4.40 Å². The molecule has 13 heavy (non-hydrogen) atoms. The van der Waals surface area contributed by atoms with Crippen molar-refractivity contribution in [2.24, 2.45) is 0 Å². The molecule has 0 unspecified atom stereocenters. The van der Waals surface area contributed by atoms with Crippen LogP contribution in [0.1, 0.15) is 0 Å². The van der Waals surface area contributed by atoms with Crippen LogP contribution in [-0.2, 0) is 0 Å². The van der Waals surface area contributed by atoms with Crippen LogP contribution in [0.3, 0.4) is 0 Å². The largest absolute Gasteiger partial charge is 0.301 e. The summed E-state index contributed by atoms with van der Waals surface area (Å²) in [5.74, 6) is -0.422. The maximum atomic E-state index is 12.9. The SMILES string of the molecule is [C-]#[N+]c1cc(F)cn2c(I)cnc12. The molecule has 0 bridgehead atoms. The number of hydrogen-bond donors (Lipinski definition) is 0. The molecule has 0 aliphatic carbocycles. The Bertz CT molecular complexity index is 512. The van der Waals surface area contributed by atoms with Crippen molar-refractivity contribution in [2.45, 2.75) is 0 Å². The zero-order chi connectivity index (χ0) is 9.42. The fraction of sp³-hybridized carbons (Fsp3) is 0. The second kappa shape index (κ2) is 2.96. The first-order chi connectivity index (χ1) is 6.22. The van der Waals surface area contributed by atoms with Crippen LogP contribution in [0.15, 0.2) is 18.5 Å². The van der Waals surface area contributed by atoms with Crippen LogP contribution < -0.4 is 0 Å². The Morgan fingerprint density at radius 1 is 1.62 bits per heavy atom. The monoisotopic (exact) mass is 287 g/mol. The van der Waals surface area contributed by atoms with Gasteiger partial charge in [-0.2, -0.15) is 0 Å². The molecule has 2 rings (SSSR count). The smallest absolute Gasteiger partial charge is 0.231 e. The summed E-state index contributed by atoms with van der Waals surface area (Å²) in [6.45, 7) is 6.83. The zero-order valence-corrected chi connectivity index (χ0v) is 8.49. The van der Waals surface area contributed by atoms with Crippen LogP contribution in [0.25, 0.3) is 10.5 Å². The van der Waals surface area contributed by atoms with E-state index in [1.807, 2.05) is 22.6 Å². The topological polar surface area (TPSA) is 21.7 Å². The summed E-state index contributed by atoms with van der Waals surface area (Å²) in [7, 11) is 0. The number of halogens is 2. The number of imidazole rings is 1. The van der Waals surface area contributed by atoms with Crippen molar-refractivity contribution < 1.29 is 4.39 Å². The molecule has 2 heterocycles. The van der Waals surface area contributed by atoms with E-state index in [9.17, 15) is 4.39 Å². The predicted molar refractivity (Wildman–Crippen MR) is 54.1 cm³/mol. The summed E-state index contributed by atoms with van der Waals surface area (Å²) in [6, 6.07) is 1.19. The van der Waals surface area contributed by atoms with Gasteiger partial charge in [0.05, 0.1) is 12.8 Å². The van der Waals surface area contributed by atoms with Crippen molar-refractivity contribution in [1.29, 1.82) is 0 Å². The van der Waals surface area contributed by atoms with Gasteiger partial charge in [-0.05, 0) is 28.7 Å². The average molecular weight is 287 g/mol. The molecule has 0 saturated heterocycles. The molecule has 0 radical (unpaired) electrons. The first kappa shape index (κ1) is 8.44. The summed E-state index contributed by atoms with van der Waals surface area (Å²) < 4.78 is 15.3. The highest BCUT2D eigenvalue weighted by Gasteiger charge is 2.07. The summed E-state index contributed by atoms with van der Waals surface area (Å²) in [5, 5.41) is 0. The first-order valence-electron chi connectivity index (χ1n) is 3.42. The third-order valence-electron chi connectivity index (χ3n) is 1.63. The molecule has 2 aromatic rings. The molecule has 0 fully saturated rings. The first-order valence-corrected chi connectivity index (χ1v) is 4.50. The molecular weight excluding hydrogens is 284 g/mol. The Labute approximate surface area is 87.2 Å². The van der Waals surface area contributed by atoms with Crippen LogP contribution in [0, 0.1) is 16.1 Å². The fourth-order valence-corrected chi connectivity index (χ4v) is 1.60. The Morgan fingerprint density at radius 2 is 2.38 bits per heavy atom. The second-order valence-corrected chi connectivity index (χ2v) is 3.54. The van der Waals surface area contributed by atoms with Gasteiger partial charge in [0, 0.05) is 6.20 Å². The van der Waals surface area contributed by atoms with Gasteiger partial charge in [0.1, 0.15) is 15.2 Å². The van der Waals surface area contributed by atoms with E-state index in [0.29, 0.717) is 5.65 Å².